The van der Waals surface area contributed by atoms with Gasteiger partial charge in [0.2, 0.25) is 0 Å². The van der Waals surface area contributed by atoms with E-state index in [1.165, 1.54) is 6.07 Å². The van der Waals surface area contributed by atoms with Crippen LogP contribution in [0.4, 0.5) is 4.39 Å². The molecule has 0 saturated carbocycles. The molecule has 2 N–H and O–H groups in total. The molecule has 0 aliphatic heterocycles. The van der Waals surface area contributed by atoms with Gasteiger partial charge in [0.1, 0.15) is 5.82 Å². The van der Waals surface area contributed by atoms with E-state index in [1.807, 2.05) is 24.3 Å². The normalized spacial score (nSPS) is 12.5. The lowest BCUT2D eigenvalue weighted by Gasteiger charge is -2.15. The standard InChI is InChI=1S/C14H11Br2FIN/c15-9-2-1-8(13(17)6-9)5-14(19)11-7-10(18)3-4-12(11)16/h1-4,6-7,14H,5,19H2. The molecule has 0 fully saturated rings. The van der Waals surface area contributed by atoms with Crippen molar-refractivity contribution in [1.82, 2.24) is 0 Å². The van der Waals surface area contributed by atoms with Gasteiger partial charge in [-0.15, -0.1) is 0 Å². The van der Waals surface area contributed by atoms with Gasteiger partial charge in [-0.05, 0) is 70.5 Å². The van der Waals surface area contributed by atoms with Crippen molar-refractivity contribution < 1.29 is 4.39 Å². The van der Waals surface area contributed by atoms with Crippen molar-refractivity contribution in [3.05, 3.63) is 65.9 Å². The average molecular weight is 499 g/mol. The first-order valence-electron chi connectivity index (χ1n) is 5.62. The summed E-state index contributed by atoms with van der Waals surface area (Å²) in [6.07, 6.45) is 0.470. The smallest absolute Gasteiger partial charge is 0.127 e. The predicted molar refractivity (Wildman–Crippen MR) is 91.6 cm³/mol. The fourth-order valence-corrected chi connectivity index (χ4v) is 3.22. The lowest BCUT2D eigenvalue weighted by atomic mass is 9.99. The summed E-state index contributed by atoms with van der Waals surface area (Å²) in [5.41, 5.74) is 7.81. The lowest BCUT2D eigenvalue weighted by Crippen LogP contribution is -2.15. The van der Waals surface area contributed by atoms with Crippen LogP contribution in [0.15, 0.2) is 45.3 Å². The average Bonchev–Trinajstić information content (AvgIpc) is 2.35. The van der Waals surface area contributed by atoms with Crippen LogP contribution in [-0.2, 0) is 6.42 Å². The first-order valence-corrected chi connectivity index (χ1v) is 8.28. The highest BCUT2D eigenvalue weighted by atomic mass is 127. The second-order valence-electron chi connectivity index (χ2n) is 4.21. The van der Waals surface area contributed by atoms with E-state index in [4.69, 9.17) is 5.73 Å². The van der Waals surface area contributed by atoms with E-state index >= 15 is 0 Å². The van der Waals surface area contributed by atoms with E-state index in [0.717, 1.165) is 18.1 Å². The van der Waals surface area contributed by atoms with Crippen LogP contribution in [0, 0.1) is 9.39 Å². The molecular weight excluding hydrogens is 488 g/mol. The summed E-state index contributed by atoms with van der Waals surface area (Å²) in [5, 5.41) is 0. The van der Waals surface area contributed by atoms with Gasteiger partial charge in [0.05, 0.1) is 0 Å². The fraction of sp³-hybridized carbons (Fsp3) is 0.143. The Bertz CT molecular complexity index is 604. The van der Waals surface area contributed by atoms with E-state index in [0.29, 0.717) is 12.0 Å². The molecule has 2 aromatic carbocycles. The van der Waals surface area contributed by atoms with Crippen molar-refractivity contribution in [3.8, 4) is 0 Å². The minimum absolute atomic E-state index is 0.230. The van der Waals surface area contributed by atoms with Gasteiger partial charge in [0.25, 0.3) is 0 Å². The van der Waals surface area contributed by atoms with Crippen molar-refractivity contribution in [2.45, 2.75) is 12.5 Å². The molecule has 0 radical (unpaired) electrons. The maximum atomic E-state index is 13.8. The van der Waals surface area contributed by atoms with Crippen LogP contribution < -0.4 is 5.73 Å². The van der Waals surface area contributed by atoms with Gasteiger partial charge in [-0.2, -0.15) is 0 Å². The Balaban J connectivity index is 2.25. The van der Waals surface area contributed by atoms with Gasteiger partial charge in [-0.1, -0.05) is 37.9 Å². The maximum Gasteiger partial charge on any atom is 0.127 e. The molecular formula is C14H11Br2FIN. The van der Waals surface area contributed by atoms with Crippen LogP contribution in [0.2, 0.25) is 0 Å². The monoisotopic (exact) mass is 497 g/mol. The molecule has 0 saturated heterocycles. The van der Waals surface area contributed by atoms with Crippen molar-refractivity contribution in [1.29, 1.82) is 0 Å². The highest BCUT2D eigenvalue weighted by Crippen LogP contribution is 2.27. The van der Waals surface area contributed by atoms with Crippen LogP contribution in [0.1, 0.15) is 17.2 Å². The summed E-state index contributed by atoms with van der Waals surface area (Å²) in [7, 11) is 0. The SMILES string of the molecule is NC(Cc1ccc(Br)cc1F)c1cc(I)ccc1Br. The van der Waals surface area contributed by atoms with Gasteiger partial charge in [0, 0.05) is 18.6 Å². The predicted octanol–water partition coefficient (Wildman–Crippen LogP) is 5.20. The van der Waals surface area contributed by atoms with Crippen molar-refractivity contribution in [2.75, 3.05) is 0 Å². The van der Waals surface area contributed by atoms with Gasteiger partial charge >= 0.3 is 0 Å². The fourth-order valence-electron chi connectivity index (χ4n) is 1.83. The molecule has 2 rings (SSSR count). The summed E-state index contributed by atoms with van der Waals surface area (Å²) in [6.45, 7) is 0. The van der Waals surface area contributed by atoms with Gasteiger partial charge < -0.3 is 5.73 Å². The Morgan fingerprint density at radius 1 is 1.16 bits per heavy atom. The van der Waals surface area contributed by atoms with E-state index in [-0.39, 0.29) is 11.9 Å². The van der Waals surface area contributed by atoms with Gasteiger partial charge in [-0.25, -0.2) is 4.39 Å². The van der Waals surface area contributed by atoms with Crippen LogP contribution in [0.5, 0.6) is 0 Å². The molecule has 2 aromatic rings. The van der Waals surface area contributed by atoms with E-state index in [2.05, 4.69) is 54.5 Å². The third-order valence-corrected chi connectivity index (χ3v) is 4.70. The molecule has 0 amide bonds. The Hall–Kier alpha value is 0.0200. The molecule has 0 aliphatic rings. The summed E-state index contributed by atoms with van der Waals surface area (Å²) < 4.78 is 16.6. The zero-order valence-electron chi connectivity index (χ0n) is 9.84. The maximum absolute atomic E-state index is 13.8. The Kier molecular flexibility index (Phi) is 5.39. The minimum atomic E-state index is -0.236. The van der Waals surface area contributed by atoms with Crippen molar-refractivity contribution in [2.24, 2.45) is 5.73 Å². The largest absolute Gasteiger partial charge is 0.324 e. The van der Waals surface area contributed by atoms with Crippen LogP contribution in [0.25, 0.3) is 0 Å². The third kappa shape index (κ3) is 4.00. The molecule has 1 atom stereocenters. The molecule has 1 nitrogen and oxygen atoms in total. The van der Waals surface area contributed by atoms with Gasteiger partial charge in [-0.3, -0.25) is 0 Å². The first kappa shape index (κ1) is 15.4. The highest BCUT2D eigenvalue weighted by molar-refractivity contribution is 14.1. The molecule has 5 heteroatoms. The van der Waals surface area contributed by atoms with E-state index in [1.54, 1.807) is 6.07 Å². The molecule has 0 spiro atoms. The van der Waals surface area contributed by atoms with Crippen molar-refractivity contribution in [3.63, 3.8) is 0 Å². The van der Waals surface area contributed by atoms with Crippen LogP contribution >= 0.6 is 54.5 Å². The molecule has 0 aliphatic carbocycles. The quantitative estimate of drug-likeness (QED) is 0.579. The van der Waals surface area contributed by atoms with Gasteiger partial charge in [0.15, 0.2) is 0 Å². The van der Waals surface area contributed by atoms with E-state index < -0.39 is 0 Å². The number of rotatable bonds is 3. The Morgan fingerprint density at radius 3 is 2.58 bits per heavy atom. The molecule has 100 valence electrons. The lowest BCUT2D eigenvalue weighted by molar-refractivity contribution is 0.592. The number of nitrogens with two attached hydrogens (primary N) is 1. The second kappa shape index (κ2) is 6.65. The molecule has 1 unspecified atom stereocenters. The van der Waals surface area contributed by atoms with Crippen LogP contribution in [0.3, 0.4) is 0 Å². The Morgan fingerprint density at radius 2 is 1.89 bits per heavy atom. The second-order valence-corrected chi connectivity index (χ2v) is 7.23. The highest BCUT2D eigenvalue weighted by Gasteiger charge is 2.13. The number of halogens is 4. The number of hydrogen-bond donors (Lipinski definition) is 1. The summed E-state index contributed by atoms with van der Waals surface area (Å²) in [6, 6.07) is 10.8. The molecule has 0 heterocycles. The topological polar surface area (TPSA) is 26.0 Å². The minimum Gasteiger partial charge on any atom is -0.324 e. The first-order chi connectivity index (χ1) is 8.97. The Labute approximate surface area is 142 Å². The van der Waals surface area contributed by atoms with Crippen molar-refractivity contribution >= 4 is 54.5 Å². The molecule has 19 heavy (non-hydrogen) atoms. The third-order valence-electron chi connectivity index (χ3n) is 2.81. The molecule has 0 aromatic heterocycles. The summed E-state index contributed by atoms with van der Waals surface area (Å²) in [5.74, 6) is -0.230. The molecule has 0 bridgehead atoms. The zero-order valence-corrected chi connectivity index (χ0v) is 15.2. The van der Waals surface area contributed by atoms with Crippen LogP contribution in [-0.4, -0.2) is 0 Å². The van der Waals surface area contributed by atoms with E-state index in [9.17, 15) is 4.39 Å². The summed E-state index contributed by atoms with van der Waals surface area (Å²) in [4.78, 5) is 0. The number of benzene rings is 2. The number of hydrogen-bond acceptors (Lipinski definition) is 1. The zero-order chi connectivity index (χ0) is 14.0. The summed E-state index contributed by atoms with van der Waals surface area (Å²) >= 11 is 8.98.